The lowest BCUT2D eigenvalue weighted by Crippen LogP contribution is -2.19. The molecule has 0 bridgehead atoms. The summed E-state index contributed by atoms with van der Waals surface area (Å²) in [7, 11) is 1.90. The lowest BCUT2D eigenvalue weighted by atomic mass is 9.93. The smallest absolute Gasteiger partial charge is 0.152 e. The van der Waals surface area contributed by atoms with Gasteiger partial charge in [-0.05, 0) is 37.8 Å². The van der Waals surface area contributed by atoms with Gasteiger partial charge in [0.15, 0.2) is 5.82 Å². The Balaban J connectivity index is 1.81. The third-order valence-corrected chi connectivity index (χ3v) is 3.98. The van der Waals surface area contributed by atoms with Gasteiger partial charge in [0.25, 0.3) is 0 Å². The fourth-order valence-corrected chi connectivity index (χ4v) is 3.02. The van der Waals surface area contributed by atoms with Crippen molar-refractivity contribution in [2.24, 2.45) is 12.8 Å². The Hall–Kier alpha value is -1.62. The van der Waals surface area contributed by atoms with Crippen molar-refractivity contribution in [3.8, 4) is 0 Å². The molecule has 0 radical (unpaired) electrons. The van der Waals surface area contributed by atoms with Crippen LogP contribution in [0.2, 0.25) is 0 Å². The summed E-state index contributed by atoms with van der Waals surface area (Å²) in [6.07, 6.45) is 6.07. The fraction of sp³-hybridized carbons (Fsp3) is 0.571. The zero-order valence-corrected chi connectivity index (χ0v) is 11.6. The molecule has 0 fully saturated rings. The van der Waals surface area contributed by atoms with E-state index in [-0.39, 0.29) is 6.04 Å². The molecule has 2 aromatic rings. The molecule has 0 aromatic carbocycles. The van der Waals surface area contributed by atoms with E-state index in [4.69, 9.17) is 5.73 Å². The number of aromatic nitrogens is 4. The van der Waals surface area contributed by atoms with E-state index in [1.54, 1.807) is 11.0 Å². The third-order valence-electron chi connectivity index (χ3n) is 3.98. The number of hydrogen-bond donors (Lipinski definition) is 1. The van der Waals surface area contributed by atoms with Crippen LogP contribution in [0.4, 0.5) is 0 Å². The van der Waals surface area contributed by atoms with E-state index >= 15 is 0 Å². The Morgan fingerprint density at radius 2 is 2.32 bits per heavy atom. The highest BCUT2D eigenvalue weighted by Crippen LogP contribution is 2.30. The van der Waals surface area contributed by atoms with E-state index < -0.39 is 0 Å². The maximum atomic E-state index is 6.20. The zero-order chi connectivity index (χ0) is 13.4. The Bertz CT molecular complexity index is 581. The molecule has 1 atom stereocenters. The van der Waals surface area contributed by atoms with Crippen LogP contribution in [0, 0.1) is 6.92 Å². The Morgan fingerprint density at radius 1 is 1.47 bits per heavy atom. The molecule has 0 saturated carbocycles. The highest BCUT2D eigenvalue weighted by Gasteiger charge is 2.21. The van der Waals surface area contributed by atoms with Crippen LogP contribution < -0.4 is 5.73 Å². The number of nitrogens with two attached hydrogens (primary N) is 1. The normalized spacial score (nSPS) is 18.6. The van der Waals surface area contributed by atoms with Gasteiger partial charge in [0.2, 0.25) is 0 Å². The van der Waals surface area contributed by atoms with Gasteiger partial charge in [-0.3, -0.25) is 4.68 Å². The van der Waals surface area contributed by atoms with Crippen LogP contribution in [0.3, 0.4) is 0 Å². The molecule has 0 aliphatic heterocycles. The Kier molecular flexibility index (Phi) is 3.14. The molecule has 102 valence electrons. The average molecular weight is 259 g/mol. The van der Waals surface area contributed by atoms with Crippen LogP contribution in [0.25, 0.3) is 0 Å². The van der Waals surface area contributed by atoms with Crippen LogP contribution in [0.15, 0.2) is 12.4 Å². The predicted octanol–water partition coefficient (Wildman–Crippen LogP) is 1.50. The van der Waals surface area contributed by atoms with Crippen LogP contribution in [-0.4, -0.2) is 19.3 Å². The molecule has 2 heterocycles. The van der Waals surface area contributed by atoms with Gasteiger partial charge >= 0.3 is 0 Å². The van der Waals surface area contributed by atoms with Crippen molar-refractivity contribution in [3.63, 3.8) is 0 Å². The van der Waals surface area contributed by atoms with Crippen molar-refractivity contribution in [2.75, 3.05) is 0 Å². The minimum absolute atomic E-state index is 0.219. The fourth-order valence-electron chi connectivity index (χ4n) is 3.02. The van der Waals surface area contributed by atoms with Gasteiger partial charge in [0.1, 0.15) is 6.33 Å². The van der Waals surface area contributed by atoms with Crippen LogP contribution >= 0.6 is 0 Å². The van der Waals surface area contributed by atoms with Crippen molar-refractivity contribution in [1.82, 2.24) is 19.3 Å². The summed E-state index contributed by atoms with van der Waals surface area (Å²) in [4.78, 5) is 4.29. The third kappa shape index (κ3) is 2.30. The number of rotatable bonds is 3. The highest BCUT2D eigenvalue weighted by molar-refractivity contribution is 5.32. The molecular formula is C14H21N5. The molecule has 1 unspecified atom stereocenters. The zero-order valence-electron chi connectivity index (χ0n) is 11.6. The Morgan fingerprint density at radius 3 is 3.05 bits per heavy atom. The minimum atomic E-state index is 0.219. The van der Waals surface area contributed by atoms with Crippen molar-refractivity contribution < 1.29 is 0 Å². The molecule has 0 saturated heterocycles. The van der Waals surface area contributed by atoms with E-state index in [2.05, 4.69) is 27.6 Å². The van der Waals surface area contributed by atoms with E-state index in [0.29, 0.717) is 0 Å². The second kappa shape index (κ2) is 4.81. The van der Waals surface area contributed by atoms with Gasteiger partial charge in [-0.25, -0.2) is 4.98 Å². The predicted molar refractivity (Wildman–Crippen MR) is 73.7 cm³/mol. The van der Waals surface area contributed by atoms with Crippen LogP contribution in [0.5, 0.6) is 0 Å². The summed E-state index contributed by atoms with van der Waals surface area (Å²) in [6.45, 7) is 3.11. The van der Waals surface area contributed by atoms with E-state index in [0.717, 1.165) is 31.6 Å². The van der Waals surface area contributed by atoms with Gasteiger partial charge in [-0.15, -0.1) is 0 Å². The van der Waals surface area contributed by atoms with Gasteiger partial charge < -0.3 is 10.3 Å². The average Bonchev–Trinajstić information content (AvgIpc) is 2.92. The lowest BCUT2D eigenvalue weighted by Gasteiger charge is -2.21. The van der Waals surface area contributed by atoms with Crippen molar-refractivity contribution in [1.29, 1.82) is 0 Å². The summed E-state index contributed by atoms with van der Waals surface area (Å²) in [6, 6.07) is 2.47. The first-order valence-electron chi connectivity index (χ1n) is 6.94. The maximum absolute atomic E-state index is 6.20. The molecule has 5 heteroatoms. The topological polar surface area (TPSA) is 61.7 Å². The number of aryl methyl sites for hydroxylation is 3. The van der Waals surface area contributed by atoms with E-state index in [1.165, 1.54) is 23.4 Å². The first-order valence-corrected chi connectivity index (χ1v) is 6.94. The summed E-state index contributed by atoms with van der Waals surface area (Å²) in [5, 5.41) is 4.33. The van der Waals surface area contributed by atoms with E-state index in [9.17, 15) is 0 Å². The molecule has 2 aromatic heterocycles. The Labute approximate surface area is 113 Å². The standard InChI is InChI=1S/C14H21N5/c1-10-8-11-12(15)4-3-5-13(11)19(10)7-6-14-16-9-18(2)17-14/h8-9,12H,3-7,15H2,1-2H3. The largest absolute Gasteiger partial charge is 0.348 e. The van der Waals surface area contributed by atoms with Crippen molar-refractivity contribution >= 4 is 0 Å². The number of nitrogens with zero attached hydrogens (tertiary/aromatic N) is 4. The molecule has 3 rings (SSSR count). The van der Waals surface area contributed by atoms with Gasteiger partial charge in [0, 0.05) is 37.4 Å². The summed E-state index contributed by atoms with van der Waals surface area (Å²) in [5.74, 6) is 0.907. The summed E-state index contributed by atoms with van der Waals surface area (Å²) in [5.41, 5.74) is 10.3. The molecule has 5 nitrogen and oxygen atoms in total. The van der Waals surface area contributed by atoms with Gasteiger partial charge in [-0.2, -0.15) is 5.10 Å². The van der Waals surface area contributed by atoms with Gasteiger partial charge in [-0.1, -0.05) is 0 Å². The number of fused-ring (bicyclic) bond motifs is 1. The molecule has 1 aliphatic carbocycles. The van der Waals surface area contributed by atoms with Crippen molar-refractivity contribution in [3.05, 3.63) is 35.2 Å². The second-order valence-corrected chi connectivity index (χ2v) is 5.42. The second-order valence-electron chi connectivity index (χ2n) is 5.42. The highest BCUT2D eigenvalue weighted by atomic mass is 15.3. The first kappa shape index (κ1) is 12.4. The summed E-state index contributed by atoms with van der Waals surface area (Å²) < 4.78 is 4.15. The van der Waals surface area contributed by atoms with Crippen LogP contribution in [0.1, 0.15) is 41.7 Å². The lowest BCUT2D eigenvalue weighted by molar-refractivity contribution is 0.533. The summed E-state index contributed by atoms with van der Waals surface area (Å²) >= 11 is 0. The quantitative estimate of drug-likeness (QED) is 0.908. The molecule has 19 heavy (non-hydrogen) atoms. The molecule has 0 amide bonds. The molecule has 1 aliphatic rings. The maximum Gasteiger partial charge on any atom is 0.152 e. The van der Waals surface area contributed by atoms with E-state index in [1.807, 2.05) is 7.05 Å². The van der Waals surface area contributed by atoms with Gasteiger partial charge in [0.05, 0.1) is 0 Å². The van der Waals surface area contributed by atoms with Crippen molar-refractivity contribution in [2.45, 2.75) is 45.2 Å². The minimum Gasteiger partial charge on any atom is -0.348 e. The number of hydrogen-bond acceptors (Lipinski definition) is 3. The SMILES string of the molecule is Cc1cc2c(n1CCc1ncn(C)n1)CCCC2N. The molecular weight excluding hydrogens is 238 g/mol. The first-order chi connectivity index (χ1) is 9.15. The van der Waals surface area contributed by atoms with Crippen LogP contribution in [-0.2, 0) is 26.4 Å². The molecule has 2 N–H and O–H groups in total. The monoisotopic (exact) mass is 259 g/mol. The molecule has 0 spiro atoms.